The van der Waals surface area contributed by atoms with E-state index < -0.39 is 0 Å². The Balaban J connectivity index is 4.19. The zero-order valence-corrected chi connectivity index (χ0v) is 13.7. The second-order valence-corrected chi connectivity index (χ2v) is 4.84. The topological polar surface area (TPSA) is 60.0 Å². The molecule has 0 unspecified atom stereocenters. The lowest BCUT2D eigenvalue weighted by Crippen LogP contribution is -2.42. The highest BCUT2D eigenvalue weighted by atomic mass is 16.2. The van der Waals surface area contributed by atoms with Gasteiger partial charge in [0.25, 0.3) is 0 Å². The zero-order chi connectivity index (χ0) is 15.4. The second kappa shape index (κ2) is 11.5. The van der Waals surface area contributed by atoms with Crippen LogP contribution in [-0.4, -0.2) is 75.0 Å². The van der Waals surface area contributed by atoms with Crippen LogP contribution in [0.1, 0.15) is 27.2 Å². The number of nitrogens with one attached hydrogen (secondary N) is 2. The van der Waals surface area contributed by atoms with Gasteiger partial charge in [-0.05, 0) is 26.4 Å². The van der Waals surface area contributed by atoms with Crippen LogP contribution in [0.2, 0.25) is 0 Å². The van der Waals surface area contributed by atoms with Gasteiger partial charge in [0, 0.05) is 33.7 Å². The molecule has 118 valence electrons. The van der Waals surface area contributed by atoms with Gasteiger partial charge in [0.05, 0.1) is 0 Å². The molecule has 20 heavy (non-hydrogen) atoms. The number of amides is 1. The number of hydrogen-bond acceptors (Lipinski definition) is 3. The van der Waals surface area contributed by atoms with E-state index in [4.69, 9.17) is 0 Å². The van der Waals surface area contributed by atoms with Crippen molar-refractivity contribution in [2.24, 2.45) is 4.99 Å². The summed E-state index contributed by atoms with van der Waals surface area (Å²) in [4.78, 5) is 19.7. The van der Waals surface area contributed by atoms with Gasteiger partial charge in [-0.25, -0.2) is 4.99 Å². The van der Waals surface area contributed by atoms with E-state index in [0.717, 1.165) is 32.7 Å². The van der Waals surface area contributed by atoms with Gasteiger partial charge in [0.15, 0.2) is 5.96 Å². The van der Waals surface area contributed by atoms with Gasteiger partial charge < -0.3 is 20.4 Å². The molecule has 0 aliphatic heterocycles. The van der Waals surface area contributed by atoms with Crippen molar-refractivity contribution in [3.8, 4) is 0 Å². The molecular weight excluding hydrogens is 254 g/mol. The summed E-state index contributed by atoms with van der Waals surface area (Å²) in [6.07, 6.45) is 1.17. The third kappa shape index (κ3) is 8.74. The number of carbonyl (C=O) groups is 1. The molecule has 0 rings (SSSR count). The van der Waals surface area contributed by atoms with Crippen LogP contribution in [0, 0.1) is 0 Å². The van der Waals surface area contributed by atoms with Crippen molar-refractivity contribution in [3.05, 3.63) is 0 Å². The van der Waals surface area contributed by atoms with Gasteiger partial charge in [0.1, 0.15) is 6.54 Å². The predicted molar refractivity (Wildman–Crippen MR) is 85.1 cm³/mol. The van der Waals surface area contributed by atoms with E-state index in [-0.39, 0.29) is 12.5 Å². The molecule has 1 amide bonds. The van der Waals surface area contributed by atoms with Crippen molar-refractivity contribution >= 4 is 11.9 Å². The summed E-state index contributed by atoms with van der Waals surface area (Å²) in [6, 6.07) is 0. The quantitative estimate of drug-likeness (QED) is 0.474. The van der Waals surface area contributed by atoms with E-state index in [2.05, 4.69) is 34.4 Å². The van der Waals surface area contributed by atoms with E-state index in [1.165, 1.54) is 6.42 Å². The SMILES string of the molecule is CCCN(CC)CCNC(=NCC(=O)N(C)C)NCC. The van der Waals surface area contributed by atoms with Gasteiger partial charge in [-0.2, -0.15) is 0 Å². The minimum atomic E-state index is 0.00312. The Hall–Kier alpha value is -1.30. The third-order valence-corrected chi connectivity index (χ3v) is 2.92. The van der Waals surface area contributed by atoms with Crippen molar-refractivity contribution in [3.63, 3.8) is 0 Å². The molecule has 6 nitrogen and oxygen atoms in total. The molecule has 0 bridgehead atoms. The van der Waals surface area contributed by atoms with Crippen LogP contribution in [0.5, 0.6) is 0 Å². The summed E-state index contributed by atoms with van der Waals surface area (Å²) >= 11 is 0. The molecule has 0 aliphatic rings. The molecule has 0 atom stereocenters. The van der Waals surface area contributed by atoms with Gasteiger partial charge in [-0.15, -0.1) is 0 Å². The Bertz CT molecular complexity index is 291. The maximum Gasteiger partial charge on any atom is 0.243 e. The van der Waals surface area contributed by atoms with Crippen molar-refractivity contribution < 1.29 is 4.79 Å². The Kier molecular flexibility index (Phi) is 10.8. The van der Waals surface area contributed by atoms with Crippen molar-refractivity contribution in [2.45, 2.75) is 27.2 Å². The number of aliphatic imine (C=N–C) groups is 1. The largest absolute Gasteiger partial charge is 0.357 e. The van der Waals surface area contributed by atoms with Gasteiger partial charge in [0.2, 0.25) is 5.91 Å². The number of carbonyl (C=O) groups excluding carboxylic acids is 1. The predicted octanol–water partition coefficient (Wildman–Crippen LogP) is 0.362. The number of likely N-dealkylation sites (N-methyl/N-ethyl adjacent to an activating group) is 2. The molecule has 0 spiro atoms. The molecule has 0 aromatic rings. The Labute approximate surface area is 123 Å². The minimum Gasteiger partial charge on any atom is -0.357 e. The maximum absolute atomic E-state index is 11.5. The highest BCUT2D eigenvalue weighted by Gasteiger charge is 2.05. The van der Waals surface area contributed by atoms with Crippen LogP contribution in [0.15, 0.2) is 4.99 Å². The van der Waals surface area contributed by atoms with Crippen LogP contribution in [-0.2, 0) is 4.79 Å². The molecule has 0 aliphatic carbocycles. The standard InChI is InChI=1S/C14H31N5O/c1-6-10-19(8-3)11-9-16-14(15-7-2)17-12-13(20)18(4)5/h6-12H2,1-5H3,(H2,15,16,17). The average Bonchev–Trinajstić information content (AvgIpc) is 2.43. The number of hydrogen-bond donors (Lipinski definition) is 2. The molecule has 2 N–H and O–H groups in total. The Morgan fingerprint density at radius 2 is 1.80 bits per heavy atom. The first-order valence-electron chi connectivity index (χ1n) is 7.49. The van der Waals surface area contributed by atoms with Crippen LogP contribution in [0.3, 0.4) is 0 Å². The van der Waals surface area contributed by atoms with Crippen LogP contribution < -0.4 is 10.6 Å². The number of nitrogens with zero attached hydrogens (tertiary/aromatic N) is 3. The Morgan fingerprint density at radius 3 is 2.30 bits per heavy atom. The summed E-state index contributed by atoms with van der Waals surface area (Å²) < 4.78 is 0. The first kappa shape index (κ1) is 18.7. The lowest BCUT2D eigenvalue weighted by Gasteiger charge is -2.20. The lowest BCUT2D eigenvalue weighted by molar-refractivity contribution is -0.127. The summed E-state index contributed by atoms with van der Waals surface area (Å²) in [5.41, 5.74) is 0. The minimum absolute atomic E-state index is 0.00312. The monoisotopic (exact) mass is 285 g/mol. The van der Waals surface area contributed by atoms with Crippen LogP contribution in [0.4, 0.5) is 0 Å². The molecular formula is C14H31N5O. The fraction of sp³-hybridized carbons (Fsp3) is 0.857. The molecule has 0 heterocycles. The summed E-state index contributed by atoms with van der Waals surface area (Å²) in [7, 11) is 3.48. The van der Waals surface area contributed by atoms with Crippen LogP contribution >= 0.6 is 0 Å². The van der Waals surface area contributed by atoms with Crippen molar-refractivity contribution in [1.82, 2.24) is 20.4 Å². The highest BCUT2D eigenvalue weighted by molar-refractivity contribution is 5.84. The normalized spacial score (nSPS) is 11.6. The summed E-state index contributed by atoms with van der Waals surface area (Å²) in [5, 5.41) is 6.41. The molecule has 6 heteroatoms. The van der Waals surface area contributed by atoms with Crippen LogP contribution in [0.25, 0.3) is 0 Å². The molecule has 0 saturated heterocycles. The molecule has 0 fully saturated rings. The maximum atomic E-state index is 11.5. The highest BCUT2D eigenvalue weighted by Crippen LogP contribution is 1.89. The Morgan fingerprint density at radius 1 is 1.10 bits per heavy atom. The van der Waals surface area contributed by atoms with E-state index in [0.29, 0.717) is 5.96 Å². The zero-order valence-electron chi connectivity index (χ0n) is 13.7. The molecule has 0 radical (unpaired) electrons. The molecule has 0 aromatic carbocycles. The van der Waals surface area contributed by atoms with E-state index in [9.17, 15) is 4.79 Å². The first-order chi connectivity index (χ1) is 9.54. The van der Waals surface area contributed by atoms with E-state index in [1.807, 2.05) is 6.92 Å². The first-order valence-corrected chi connectivity index (χ1v) is 7.49. The summed E-state index contributed by atoms with van der Waals surface area (Å²) in [6.45, 7) is 11.3. The second-order valence-electron chi connectivity index (χ2n) is 4.84. The average molecular weight is 285 g/mol. The van der Waals surface area contributed by atoms with Crippen molar-refractivity contribution in [1.29, 1.82) is 0 Å². The molecule has 0 saturated carbocycles. The summed E-state index contributed by atoms with van der Waals surface area (Å²) in [5.74, 6) is 0.707. The van der Waals surface area contributed by atoms with Crippen molar-refractivity contribution in [2.75, 3.05) is 53.4 Å². The number of guanidine groups is 1. The van der Waals surface area contributed by atoms with E-state index in [1.54, 1.807) is 19.0 Å². The van der Waals surface area contributed by atoms with E-state index >= 15 is 0 Å². The van der Waals surface area contributed by atoms with Gasteiger partial charge in [-0.3, -0.25) is 4.79 Å². The van der Waals surface area contributed by atoms with Gasteiger partial charge in [-0.1, -0.05) is 13.8 Å². The lowest BCUT2D eigenvalue weighted by atomic mass is 10.4. The fourth-order valence-corrected chi connectivity index (χ4v) is 1.71. The van der Waals surface area contributed by atoms with Gasteiger partial charge >= 0.3 is 0 Å². The fourth-order valence-electron chi connectivity index (χ4n) is 1.71. The smallest absolute Gasteiger partial charge is 0.243 e. The third-order valence-electron chi connectivity index (χ3n) is 2.92. The molecule has 0 aromatic heterocycles. The number of rotatable bonds is 9.